The number of aromatic amines is 1. The number of hydrogen-bond acceptors (Lipinski definition) is 6. The molecule has 0 aliphatic carbocycles. The van der Waals surface area contributed by atoms with Crippen LogP contribution in [0.15, 0.2) is 29.3 Å². The minimum Gasteiger partial charge on any atom is -0.508 e. The van der Waals surface area contributed by atoms with Crippen molar-refractivity contribution in [3.63, 3.8) is 0 Å². The van der Waals surface area contributed by atoms with Crippen molar-refractivity contribution < 1.29 is 19.5 Å². The van der Waals surface area contributed by atoms with Gasteiger partial charge < -0.3 is 15.0 Å². The van der Waals surface area contributed by atoms with Crippen LogP contribution in [0, 0.1) is 5.41 Å². The maximum atomic E-state index is 12.7. The molecule has 3 heterocycles. The molecular formula is C27H36N4O4S. The van der Waals surface area contributed by atoms with Crippen LogP contribution < -0.4 is 0 Å². The Balaban J connectivity index is 1.48. The van der Waals surface area contributed by atoms with Crippen LogP contribution in [-0.4, -0.2) is 80.5 Å². The number of fused-ring (bicyclic) bond motifs is 1. The molecule has 1 saturated heterocycles. The molecule has 2 aliphatic heterocycles. The zero-order valence-electron chi connectivity index (χ0n) is 21.8. The molecule has 2 aliphatic rings. The molecule has 2 aromatic rings. The first-order chi connectivity index (χ1) is 16.9. The Bertz CT molecular complexity index is 1180. The Morgan fingerprint density at radius 2 is 1.69 bits per heavy atom. The van der Waals surface area contributed by atoms with Gasteiger partial charge in [0, 0.05) is 61.1 Å². The zero-order valence-corrected chi connectivity index (χ0v) is 22.6. The zero-order chi connectivity index (χ0) is 26.2. The number of phenolic OH excluding ortho intramolecular Hbond substituents is 1. The van der Waals surface area contributed by atoms with Gasteiger partial charge in [-0.2, -0.15) is 0 Å². The molecule has 0 saturated carbocycles. The van der Waals surface area contributed by atoms with Crippen LogP contribution in [0.4, 0.5) is 0 Å². The van der Waals surface area contributed by atoms with Crippen LogP contribution in [0.2, 0.25) is 0 Å². The molecule has 0 radical (unpaired) electrons. The van der Waals surface area contributed by atoms with Crippen molar-refractivity contribution in [1.82, 2.24) is 19.7 Å². The van der Waals surface area contributed by atoms with E-state index in [0.29, 0.717) is 38.0 Å². The number of nitrogens with zero attached hydrogens (tertiary/aromatic N) is 3. The number of piperazine rings is 1. The fraction of sp³-hybridized carbons (Fsp3) is 0.519. The minimum atomic E-state index is -0.442. The molecule has 1 aromatic carbocycles. The summed E-state index contributed by atoms with van der Waals surface area (Å²) >= 11 is 1.82. The van der Waals surface area contributed by atoms with Gasteiger partial charge in [0.25, 0.3) is 11.8 Å². The van der Waals surface area contributed by atoms with Crippen molar-refractivity contribution in [3.8, 4) is 5.75 Å². The first-order valence-electron chi connectivity index (χ1n) is 12.5. The summed E-state index contributed by atoms with van der Waals surface area (Å²) in [6, 6.07) is 3.81. The van der Waals surface area contributed by atoms with Crippen molar-refractivity contribution in [3.05, 3.63) is 35.4 Å². The number of imide groups is 1. The number of thioether (sulfide) groups is 1. The molecule has 1 fully saturated rings. The fourth-order valence-electron chi connectivity index (χ4n) is 4.75. The molecule has 2 N–H and O–H groups in total. The van der Waals surface area contributed by atoms with Gasteiger partial charge in [0.05, 0.1) is 10.5 Å². The second kappa shape index (κ2) is 10.3. The summed E-state index contributed by atoms with van der Waals surface area (Å²) in [4.78, 5) is 44.7. The van der Waals surface area contributed by atoms with Gasteiger partial charge in [-0.1, -0.05) is 34.6 Å². The predicted molar refractivity (Wildman–Crippen MR) is 142 cm³/mol. The molecule has 3 amide bonds. The molecule has 1 aromatic heterocycles. The Morgan fingerprint density at radius 1 is 1.06 bits per heavy atom. The molecule has 4 rings (SSSR count). The first kappa shape index (κ1) is 26.3. The molecule has 0 atom stereocenters. The maximum absolute atomic E-state index is 12.7. The molecule has 9 heteroatoms. The van der Waals surface area contributed by atoms with E-state index in [9.17, 15) is 19.5 Å². The van der Waals surface area contributed by atoms with E-state index in [-0.39, 0.29) is 23.6 Å². The van der Waals surface area contributed by atoms with Crippen LogP contribution in [0.5, 0.6) is 5.75 Å². The van der Waals surface area contributed by atoms with E-state index in [1.165, 1.54) is 17.7 Å². The van der Waals surface area contributed by atoms with Crippen LogP contribution in [0.1, 0.15) is 45.7 Å². The molecule has 0 bridgehead atoms. The van der Waals surface area contributed by atoms with Gasteiger partial charge in [0.2, 0.25) is 5.91 Å². The van der Waals surface area contributed by atoms with Crippen LogP contribution in [-0.2, 0) is 27.3 Å². The van der Waals surface area contributed by atoms with E-state index in [0.717, 1.165) is 32.8 Å². The van der Waals surface area contributed by atoms with Crippen LogP contribution in [0.3, 0.4) is 0 Å². The number of aromatic nitrogens is 1. The highest BCUT2D eigenvalue weighted by molar-refractivity contribution is 7.99. The highest BCUT2D eigenvalue weighted by Gasteiger charge is 2.30. The van der Waals surface area contributed by atoms with Crippen molar-refractivity contribution in [2.75, 3.05) is 32.7 Å². The van der Waals surface area contributed by atoms with Gasteiger partial charge in [-0.15, -0.1) is 11.8 Å². The van der Waals surface area contributed by atoms with E-state index >= 15 is 0 Å². The van der Waals surface area contributed by atoms with E-state index in [4.69, 9.17) is 0 Å². The van der Waals surface area contributed by atoms with Crippen molar-refractivity contribution >= 4 is 40.4 Å². The normalized spacial score (nSPS) is 17.3. The number of benzene rings is 1. The number of phenols is 1. The second-order valence-electron chi connectivity index (χ2n) is 11.1. The summed E-state index contributed by atoms with van der Waals surface area (Å²) in [5.41, 5.74) is 3.28. The summed E-state index contributed by atoms with van der Waals surface area (Å²) in [5, 5.41) is 13.6. The summed E-state index contributed by atoms with van der Waals surface area (Å²) in [5.74, 6) is -0.842. The molecule has 194 valence electrons. The summed E-state index contributed by atoms with van der Waals surface area (Å²) in [7, 11) is 0. The molecule has 0 spiro atoms. The smallest absolute Gasteiger partial charge is 0.254 e. The van der Waals surface area contributed by atoms with Crippen LogP contribution >= 0.6 is 11.8 Å². The molecule has 0 unspecified atom stereocenters. The van der Waals surface area contributed by atoms with E-state index in [2.05, 4.69) is 44.5 Å². The number of hydrogen-bond donors (Lipinski definition) is 2. The highest BCUT2D eigenvalue weighted by atomic mass is 32.2. The van der Waals surface area contributed by atoms with Crippen molar-refractivity contribution in [2.24, 2.45) is 5.41 Å². The third-order valence-electron chi connectivity index (χ3n) is 6.49. The quantitative estimate of drug-likeness (QED) is 0.435. The average Bonchev–Trinajstić information content (AvgIpc) is 3.29. The summed E-state index contributed by atoms with van der Waals surface area (Å²) in [6.45, 7) is 13.7. The fourth-order valence-corrected chi connectivity index (χ4v) is 5.70. The van der Waals surface area contributed by atoms with Crippen molar-refractivity contribution in [1.29, 1.82) is 0 Å². The number of aromatic hydroxyl groups is 1. The molecule has 36 heavy (non-hydrogen) atoms. The van der Waals surface area contributed by atoms with Gasteiger partial charge >= 0.3 is 0 Å². The van der Waals surface area contributed by atoms with Crippen LogP contribution in [0.25, 0.3) is 10.9 Å². The van der Waals surface area contributed by atoms with Crippen molar-refractivity contribution in [2.45, 2.75) is 57.9 Å². The monoisotopic (exact) mass is 512 g/mol. The third-order valence-corrected chi connectivity index (χ3v) is 7.54. The van der Waals surface area contributed by atoms with Gasteiger partial charge in [-0.3, -0.25) is 24.2 Å². The Kier molecular flexibility index (Phi) is 7.52. The SMILES string of the molecule is CC(C)Sc1[nH]c2c(CN3CCN(C(=O)CN4C(=O)C=CC4=O)CC3)c(O)ccc2c1CC(C)(C)C. The lowest BCUT2D eigenvalue weighted by molar-refractivity contribution is -0.145. The first-order valence-corrected chi connectivity index (χ1v) is 13.4. The standard InChI is InChI=1S/C27H36N4O4S/c1-17(2)36-26-19(14-27(3,4)5)18-6-7-21(32)20(25(18)28-26)15-29-10-12-30(13-11-29)24(35)16-31-22(33)8-9-23(31)34/h6-9,17,28,32H,10-16H2,1-5H3. The van der Waals surface area contributed by atoms with E-state index < -0.39 is 11.8 Å². The Labute approximate surface area is 216 Å². The number of amides is 3. The van der Waals surface area contributed by atoms with Gasteiger partial charge in [-0.25, -0.2) is 0 Å². The number of H-pyrrole nitrogens is 1. The van der Waals surface area contributed by atoms with Gasteiger partial charge in [0.15, 0.2) is 0 Å². The van der Waals surface area contributed by atoms with E-state index in [1.54, 1.807) is 11.0 Å². The topological polar surface area (TPSA) is 97.0 Å². The Hall–Kier alpha value is -2.78. The minimum absolute atomic E-state index is 0.128. The average molecular weight is 513 g/mol. The number of nitrogens with one attached hydrogen (secondary N) is 1. The number of carbonyl (C=O) groups excluding carboxylic acids is 3. The van der Waals surface area contributed by atoms with Gasteiger partial charge in [-0.05, 0) is 29.5 Å². The van der Waals surface area contributed by atoms with Gasteiger partial charge in [0.1, 0.15) is 12.3 Å². The third kappa shape index (κ3) is 5.78. The summed E-state index contributed by atoms with van der Waals surface area (Å²) in [6.07, 6.45) is 3.32. The number of rotatable bonds is 7. The van der Waals surface area contributed by atoms with E-state index in [1.807, 2.05) is 17.8 Å². The lowest BCUT2D eigenvalue weighted by Gasteiger charge is -2.35. The molecule has 8 nitrogen and oxygen atoms in total. The lowest BCUT2D eigenvalue weighted by Crippen LogP contribution is -2.51. The predicted octanol–water partition coefficient (Wildman–Crippen LogP) is 3.53. The lowest BCUT2D eigenvalue weighted by atomic mass is 9.88. The molecular weight excluding hydrogens is 476 g/mol. The number of carbonyl (C=O) groups is 3. The maximum Gasteiger partial charge on any atom is 0.254 e. The highest BCUT2D eigenvalue weighted by Crippen LogP contribution is 2.39. The summed E-state index contributed by atoms with van der Waals surface area (Å²) < 4.78 is 0. The Morgan fingerprint density at radius 3 is 2.28 bits per heavy atom. The largest absolute Gasteiger partial charge is 0.508 e. The second-order valence-corrected chi connectivity index (χ2v) is 12.7.